The molecule has 0 radical (unpaired) electrons. The van der Waals surface area contributed by atoms with Crippen molar-refractivity contribution in [2.24, 2.45) is 5.41 Å². The quantitative estimate of drug-likeness (QED) is 0.828. The Bertz CT molecular complexity index is 686. The maximum absolute atomic E-state index is 13.6. The summed E-state index contributed by atoms with van der Waals surface area (Å²) in [5, 5.41) is 4.42. The molecule has 2 saturated heterocycles. The summed E-state index contributed by atoms with van der Waals surface area (Å²) in [4.78, 5) is 13.2. The SMILES string of the molecule is O=C(c1cn[nH]c1)N1C[C@@H]2[C@@](C(F)(F)F)(CCCS2(=O)=O)C1. The number of sulfone groups is 1. The highest BCUT2D eigenvalue weighted by Gasteiger charge is 2.68. The molecule has 0 aliphatic carbocycles. The number of fused-ring (bicyclic) bond motifs is 1. The minimum atomic E-state index is -4.67. The van der Waals surface area contributed by atoms with Crippen LogP contribution in [0.5, 0.6) is 0 Å². The van der Waals surface area contributed by atoms with Crippen LogP contribution < -0.4 is 0 Å². The molecule has 0 bridgehead atoms. The van der Waals surface area contributed by atoms with Crippen LogP contribution >= 0.6 is 0 Å². The van der Waals surface area contributed by atoms with Crippen molar-refractivity contribution in [3.63, 3.8) is 0 Å². The molecule has 1 aromatic rings. The number of H-pyrrole nitrogens is 1. The lowest BCUT2D eigenvalue weighted by molar-refractivity contribution is -0.220. The number of aromatic amines is 1. The van der Waals surface area contributed by atoms with Gasteiger partial charge in [0, 0.05) is 19.3 Å². The predicted octanol–water partition coefficient (Wildman–Crippen LogP) is 0.991. The number of carbonyl (C=O) groups is 1. The Labute approximate surface area is 124 Å². The maximum atomic E-state index is 13.6. The van der Waals surface area contributed by atoms with Crippen LogP contribution in [0.25, 0.3) is 0 Å². The fraction of sp³-hybridized carbons (Fsp3) is 0.667. The van der Waals surface area contributed by atoms with E-state index >= 15 is 0 Å². The average Bonchev–Trinajstić information content (AvgIpc) is 3.05. The van der Waals surface area contributed by atoms with Crippen LogP contribution in [0.2, 0.25) is 0 Å². The lowest BCUT2D eigenvalue weighted by atomic mass is 9.81. The van der Waals surface area contributed by atoms with Crippen LogP contribution in [0, 0.1) is 5.41 Å². The number of likely N-dealkylation sites (tertiary alicyclic amines) is 1. The molecule has 122 valence electrons. The van der Waals surface area contributed by atoms with Crippen LogP contribution in [0.15, 0.2) is 12.4 Å². The molecule has 2 fully saturated rings. The van der Waals surface area contributed by atoms with E-state index in [1.165, 1.54) is 12.4 Å². The zero-order valence-electron chi connectivity index (χ0n) is 11.4. The van der Waals surface area contributed by atoms with Crippen LogP contribution in [0.4, 0.5) is 13.2 Å². The van der Waals surface area contributed by atoms with E-state index < -0.39 is 45.7 Å². The van der Waals surface area contributed by atoms with Crippen molar-refractivity contribution in [1.82, 2.24) is 15.1 Å². The molecule has 0 spiro atoms. The first-order chi connectivity index (χ1) is 10.2. The van der Waals surface area contributed by atoms with Crippen molar-refractivity contribution in [3.8, 4) is 0 Å². The Balaban J connectivity index is 1.99. The summed E-state index contributed by atoms with van der Waals surface area (Å²) in [6, 6.07) is 0. The van der Waals surface area contributed by atoms with E-state index in [2.05, 4.69) is 10.2 Å². The van der Waals surface area contributed by atoms with Crippen molar-refractivity contribution in [2.75, 3.05) is 18.8 Å². The molecule has 3 heterocycles. The van der Waals surface area contributed by atoms with Crippen molar-refractivity contribution in [3.05, 3.63) is 18.0 Å². The van der Waals surface area contributed by atoms with Gasteiger partial charge in [0.25, 0.3) is 5.91 Å². The summed E-state index contributed by atoms with van der Waals surface area (Å²) in [5.41, 5.74) is -2.24. The molecule has 1 N–H and O–H groups in total. The second kappa shape index (κ2) is 4.71. The van der Waals surface area contributed by atoms with E-state index in [9.17, 15) is 26.4 Å². The van der Waals surface area contributed by atoms with Gasteiger partial charge in [0.05, 0.1) is 22.8 Å². The van der Waals surface area contributed by atoms with Gasteiger partial charge in [-0.05, 0) is 12.8 Å². The number of nitrogens with one attached hydrogen (secondary N) is 1. The number of carbonyl (C=O) groups excluding carboxylic acids is 1. The van der Waals surface area contributed by atoms with Gasteiger partial charge in [-0.2, -0.15) is 18.3 Å². The Morgan fingerprint density at radius 1 is 1.45 bits per heavy atom. The molecule has 2 aliphatic rings. The van der Waals surface area contributed by atoms with Crippen molar-refractivity contribution >= 4 is 15.7 Å². The van der Waals surface area contributed by atoms with Gasteiger partial charge >= 0.3 is 6.18 Å². The van der Waals surface area contributed by atoms with E-state index in [0.29, 0.717) is 0 Å². The van der Waals surface area contributed by atoms with Gasteiger partial charge in [0.1, 0.15) is 5.41 Å². The van der Waals surface area contributed by atoms with Gasteiger partial charge in [-0.25, -0.2) is 8.42 Å². The molecule has 10 heteroatoms. The maximum Gasteiger partial charge on any atom is 0.397 e. The zero-order valence-corrected chi connectivity index (χ0v) is 12.2. The van der Waals surface area contributed by atoms with Gasteiger partial charge in [-0.3, -0.25) is 9.89 Å². The van der Waals surface area contributed by atoms with Gasteiger partial charge in [0.15, 0.2) is 9.84 Å². The number of alkyl halides is 3. The highest BCUT2D eigenvalue weighted by molar-refractivity contribution is 7.92. The molecule has 0 unspecified atom stereocenters. The monoisotopic (exact) mass is 337 g/mol. The van der Waals surface area contributed by atoms with E-state index in [-0.39, 0.29) is 24.2 Å². The fourth-order valence-corrected chi connectivity index (χ4v) is 5.68. The van der Waals surface area contributed by atoms with E-state index in [0.717, 1.165) is 4.90 Å². The molecule has 0 saturated carbocycles. The summed E-state index contributed by atoms with van der Waals surface area (Å²) >= 11 is 0. The molecular formula is C12H14F3N3O3S. The second-order valence-electron chi connectivity index (χ2n) is 5.79. The highest BCUT2D eigenvalue weighted by atomic mass is 32.2. The number of nitrogens with zero attached hydrogens (tertiary/aromatic N) is 2. The van der Waals surface area contributed by atoms with Crippen molar-refractivity contribution in [2.45, 2.75) is 24.3 Å². The molecule has 1 amide bonds. The van der Waals surface area contributed by atoms with Gasteiger partial charge < -0.3 is 4.90 Å². The molecule has 2 atom stereocenters. The number of aromatic nitrogens is 2. The normalized spacial score (nSPS) is 31.0. The number of halogens is 3. The minimum absolute atomic E-state index is 0.0356. The molecule has 6 nitrogen and oxygen atoms in total. The Kier molecular flexibility index (Phi) is 3.28. The summed E-state index contributed by atoms with van der Waals surface area (Å²) in [5.74, 6) is -0.898. The topological polar surface area (TPSA) is 83.1 Å². The smallest absolute Gasteiger partial charge is 0.336 e. The number of hydrogen-bond donors (Lipinski definition) is 1. The molecule has 3 rings (SSSR count). The number of rotatable bonds is 1. The third kappa shape index (κ3) is 2.11. The van der Waals surface area contributed by atoms with Crippen molar-refractivity contribution < 1.29 is 26.4 Å². The van der Waals surface area contributed by atoms with E-state index in [4.69, 9.17) is 0 Å². The van der Waals surface area contributed by atoms with Crippen LogP contribution in [-0.4, -0.2) is 59.7 Å². The fourth-order valence-electron chi connectivity index (χ4n) is 3.43. The Morgan fingerprint density at radius 2 is 2.18 bits per heavy atom. The summed E-state index contributed by atoms with van der Waals surface area (Å²) in [6.07, 6.45) is -2.49. The summed E-state index contributed by atoms with van der Waals surface area (Å²) in [6.45, 7) is -1.05. The van der Waals surface area contributed by atoms with Crippen LogP contribution in [0.1, 0.15) is 23.2 Å². The first-order valence-electron chi connectivity index (χ1n) is 6.74. The van der Waals surface area contributed by atoms with Crippen molar-refractivity contribution in [1.29, 1.82) is 0 Å². The summed E-state index contributed by atoms with van der Waals surface area (Å²) in [7, 11) is -3.87. The Morgan fingerprint density at radius 3 is 2.73 bits per heavy atom. The van der Waals surface area contributed by atoms with Crippen LogP contribution in [0.3, 0.4) is 0 Å². The predicted molar refractivity (Wildman–Crippen MR) is 69.8 cm³/mol. The first-order valence-corrected chi connectivity index (χ1v) is 8.45. The minimum Gasteiger partial charge on any atom is -0.336 e. The largest absolute Gasteiger partial charge is 0.397 e. The average molecular weight is 337 g/mol. The summed E-state index contributed by atoms with van der Waals surface area (Å²) < 4.78 is 65.0. The number of hydrogen-bond acceptors (Lipinski definition) is 4. The molecule has 0 aromatic carbocycles. The first kappa shape index (κ1) is 15.3. The number of amides is 1. The standard InChI is InChI=1S/C12H14F3N3O3S/c13-12(14,15)11-2-1-3-22(20,21)9(11)6-18(7-11)10(19)8-4-16-17-5-8/h4-5,9H,1-3,6-7H2,(H,16,17)/t9-,11-/m1/s1. The second-order valence-corrected chi connectivity index (χ2v) is 8.09. The highest BCUT2D eigenvalue weighted by Crippen LogP contribution is 2.53. The van der Waals surface area contributed by atoms with E-state index in [1.807, 2.05) is 0 Å². The van der Waals surface area contributed by atoms with Gasteiger partial charge in [0.2, 0.25) is 0 Å². The van der Waals surface area contributed by atoms with Gasteiger partial charge in [-0.15, -0.1) is 0 Å². The van der Waals surface area contributed by atoms with E-state index in [1.54, 1.807) is 0 Å². The Hall–Kier alpha value is -1.58. The lowest BCUT2D eigenvalue weighted by Gasteiger charge is -2.39. The lowest BCUT2D eigenvalue weighted by Crippen LogP contribution is -2.53. The third-order valence-corrected chi connectivity index (χ3v) is 6.88. The van der Waals surface area contributed by atoms with Gasteiger partial charge in [-0.1, -0.05) is 0 Å². The molecule has 1 aromatic heterocycles. The molecule has 22 heavy (non-hydrogen) atoms. The molecule has 2 aliphatic heterocycles. The molecular weight excluding hydrogens is 323 g/mol. The zero-order chi connectivity index (χ0) is 16.2. The third-order valence-electron chi connectivity index (χ3n) is 4.56. The van der Waals surface area contributed by atoms with Crippen LogP contribution in [-0.2, 0) is 9.84 Å².